The number of anilines is 1. The number of hydrazine groups is 1. The zero-order valence-electron chi connectivity index (χ0n) is 8.93. The quantitative estimate of drug-likeness (QED) is 0.757. The van der Waals surface area contributed by atoms with E-state index < -0.39 is 0 Å². The second kappa shape index (κ2) is 5.61. The van der Waals surface area contributed by atoms with Crippen molar-refractivity contribution in [3.63, 3.8) is 0 Å². The molecular weight excluding hydrogens is 196 g/mol. The fourth-order valence-electron chi connectivity index (χ4n) is 1.35. The molecule has 2 N–H and O–H groups in total. The molecule has 0 radical (unpaired) electrons. The van der Waals surface area contributed by atoms with Gasteiger partial charge in [0.25, 0.3) is 0 Å². The third kappa shape index (κ3) is 3.17. The maximum Gasteiger partial charge on any atom is 0.0539 e. The van der Waals surface area contributed by atoms with E-state index in [0.717, 1.165) is 5.69 Å². The number of nitrogens with one attached hydrogen (secondary N) is 2. The molecule has 0 unspecified atom stereocenters. The van der Waals surface area contributed by atoms with E-state index in [-0.39, 0.29) is 0 Å². The highest BCUT2D eigenvalue weighted by molar-refractivity contribution is 5.49. The first-order valence-electron chi connectivity index (χ1n) is 5.23. The van der Waals surface area contributed by atoms with Crippen molar-refractivity contribution in [2.75, 3.05) is 5.43 Å². The molecule has 2 nitrogen and oxygen atoms in total. The predicted molar refractivity (Wildman–Crippen MR) is 68.7 cm³/mol. The molecule has 0 aliphatic rings. The normalized spacial score (nSPS) is 10.2. The second-order valence-corrected chi connectivity index (χ2v) is 3.38. The number of hydrogen-bond acceptors (Lipinski definition) is 2. The number of hydrogen-bond donors (Lipinski definition) is 2. The monoisotopic (exact) mass is 210 g/mol. The van der Waals surface area contributed by atoms with Crippen molar-refractivity contribution in [1.29, 1.82) is 0 Å². The van der Waals surface area contributed by atoms with Gasteiger partial charge in [-0.3, -0.25) is 0 Å². The SMILES string of the molecule is C(=Cc1ccccc1)NNc1ccccc1. The molecule has 0 saturated heterocycles. The maximum atomic E-state index is 3.08. The molecule has 0 atom stereocenters. The third-order valence-corrected chi connectivity index (χ3v) is 2.15. The summed E-state index contributed by atoms with van der Waals surface area (Å²) in [7, 11) is 0. The van der Waals surface area contributed by atoms with Crippen LogP contribution < -0.4 is 10.9 Å². The average molecular weight is 210 g/mol. The Bertz CT molecular complexity index is 435. The van der Waals surface area contributed by atoms with Gasteiger partial charge in [-0.05, 0) is 23.8 Å². The zero-order valence-corrected chi connectivity index (χ0v) is 8.93. The van der Waals surface area contributed by atoms with Gasteiger partial charge in [0.15, 0.2) is 0 Å². The minimum atomic E-state index is 1.04. The van der Waals surface area contributed by atoms with Crippen LogP contribution in [0.4, 0.5) is 5.69 Å². The van der Waals surface area contributed by atoms with E-state index in [1.54, 1.807) is 0 Å². The largest absolute Gasteiger partial charge is 0.308 e. The van der Waals surface area contributed by atoms with Crippen LogP contribution in [0, 0.1) is 0 Å². The fourth-order valence-corrected chi connectivity index (χ4v) is 1.35. The van der Waals surface area contributed by atoms with Crippen molar-refractivity contribution < 1.29 is 0 Å². The summed E-state index contributed by atoms with van der Waals surface area (Å²) in [5, 5.41) is 0. The van der Waals surface area contributed by atoms with Gasteiger partial charge in [0.2, 0.25) is 0 Å². The number of para-hydroxylation sites is 1. The van der Waals surface area contributed by atoms with E-state index in [2.05, 4.69) is 23.0 Å². The van der Waals surface area contributed by atoms with Crippen LogP contribution in [-0.2, 0) is 0 Å². The van der Waals surface area contributed by atoms with Gasteiger partial charge in [-0.15, -0.1) is 0 Å². The van der Waals surface area contributed by atoms with Crippen LogP contribution in [-0.4, -0.2) is 0 Å². The maximum absolute atomic E-state index is 3.08. The minimum Gasteiger partial charge on any atom is -0.308 e. The molecule has 0 fully saturated rings. The molecule has 80 valence electrons. The summed E-state index contributed by atoms with van der Waals surface area (Å²) in [5.74, 6) is 0. The first-order chi connectivity index (χ1) is 7.95. The van der Waals surface area contributed by atoms with Gasteiger partial charge in [-0.1, -0.05) is 48.5 Å². The van der Waals surface area contributed by atoms with Gasteiger partial charge >= 0.3 is 0 Å². The van der Waals surface area contributed by atoms with Crippen LogP contribution in [0.2, 0.25) is 0 Å². The van der Waals surface area contributed by atoms with Gasteiger partial charge in [0.1, 0.15) is 0 Å². The highest BCUT2D eigenvalue weighted by Gasteiger charge is 1.84. The van der Waals surface area contributed by atoms with E-state index in [1.165, 1.54) is 5.56 Å². The molecule has 16 heavy (non-hydrogen) atoms. The predicted octanol–water partition coefficient (Wildman–Crippen LogP) is 3.27. The standard InChI is InChI=1S/C14H14N2/c1-3-7-13(8-4-1)11-12-15-16-14-9-5-2-6-10-14/h1-12,15-16H. The first-order valence-corrected chi connectivity index (χ1v) is 5.23. The topological polar surface area (TPSA) is 24.1 Å². The first kappa shape index (κ1) is 10.3. The fraction of sp³-hybridized carbons (Fsp3) is 0. The van der Waals surface area contributed by atoms with Gasteiger partial charge in [-0.2, -0.15) is 0 Å². The van der Waals surface area contributed by atoms with Gasteiger partial charge in [0, 0.05) is 6.20 Å². The van der Waals surface area contributed by atoms with Crippen molar-refractivity contribution in [2.24, 2.45) is 0 Å². The molecule has 2 aromatic rings. The lowest BCUT2D eigenvalue weighted by Gasteiger charge is -2.04. The molecule has 0 amide bonds. The Hall–Kier alpha value is -2.22. The molecule has 0 aliphatic carbocycles. The Morgan fingerprint density at radius 2 is 1.38 bits per heavy atom. The Kier molecular flexibility index (Phi) is 3.61. The van der Waals surface area contributed by atoms with Crippen LogP contribution in [0.15, 0.2) is 66.9 Å². The molecule has 0 heterocycles. The summed E-state index contributed by atoms with van der Waals surface area (Å²) >= 11 is 0. The lowest BCUT2D eigenvalue weighted by atomic mass is 10.2. The smallest absolute Gasteiger partial charge is 0.0539 e. The highest BCUT2D eigenvalue weighted by atomic mass is 15.3. The summed E-state index contributed by atoms with van der Waals surface area (Å²) in [5.41, 5.74) is 8.31. The minimum absolute atomic E-state index is 1.04. The average Bonchev–Trinajstić information content (AvgIpc) is 2.37. The second-order valence-electron chi connectivity index (χ2n) is 3.38. The molecule has 0 aliphatic heterocycles. The number of benzene rings is 2. The van der Waals surface area contributed by atoms with E-state index in [1.807, 2.05) is 60.8 Å². The van der Waals surface area contributed by atoms with E-state index in [4.69, 9.17) is 0 Å². The van der Waals surface area contributed by atoms with Crippen LogP contribution in [0.1, 0.15) is 5.56 Å². The van der Waals surface area contributed by atoms with Gasteiger partial charge < -0.3 is 10.9 Å². The van der Waals surface area contributed by atoms with E-state index >= 15 is 0 Å². The van der Waals surface area contributed by atoms with E-state index in [9.17, 15) is 0 Å². The van der Waals surface area contributed by atoms with Crippen molar-refractivity contribution in [3.8, 4) is 0 Å². The molecule has 0 aromatic heterocycles. The zero-order chi connectivity index (χ0) is 11.1. The molecular formula is C14H14N2. The van der Waals surface area contributed by atoms with Crippen molar-refractivity contribution in [2.45, 2.75) is 0 Å². The van der Waals surface area contributed by atoms with Crippen molar-refractivity contribution >= 4 is 11.8 Å². The van der Waals surface area contributed by atoms with Gasteiger partial charge in [0.05, 0.1) is 5.69 Å². The molecule has 0 saturated carbocycles. The Morgan fingerprint density at radius 1 is 0.750 bits per heavy atom. The summed E-state index contributed by atoms with van der Waals surface area (Å²) < 4.78 is 0. The van der Waals surface area contributed by atoms with Crippen molar-refractivity contribution in [3.05, 3.63) is 72.4 Å². The summed E-state index contributed by atoms with van der Waals surface area (Å²) in [6.45, 7) is 0. The summed E-state index contributed by atoms with van der Waals surface area (Å²) in [6, 6.07) is 20.1. The van der Waals surface area contributed by atoms with Crippen LogP contribution in [0.5, 0.6) is 0 Å². The lowest BCUT2D eigenvalue weighted by Crippen LogP contribution is -2.13. The van der Waals surface area contributed by atoms with Crippen LogP contribution in [0.25, 0.3) is 6.08 Å². The number of rotatable bonds is 4. The summed E-state index contributed by atoms with van der Waals surface area (Å²) in [6.07, 6.45) is 3.89. The molecule has 2 aromatic carbocycles. The van der Waals surface area contributed by atoms with Gasteiger partial charge in [-0.25, -0.2) is 0 Å². The van der Waals surface area contributed by atoms with Crippen molar-refractivity contribution in [1.82, 2.24) is 5.43 Å². The van der Waals surface area contributed by atoms with E-state index in [0.29, 0.717) is 0 Å². The lowest BCUT2D eigenvalue weighted by molar-refractivity contribution is 1.06. The Balaban J connectivity index is 1.83. The van der Waals surface area contributed by atoms with Crippen LogP contribution >= 0.6 is 0 Å². The molecule has 0 bridgehead atoms. The highest BCUT2D eigenvalue weighted by Crippen LogP contribution is 2.03. The summed E-state index contributed by atoms with van der Waals surface area (Å²) in [4.78, 5) is 0. The third-order valence-electron chi connectivity index (χ3n) is 2.15. The molecule has 0 spiro atoms. The Labute approximate surface area is 95.6 Å². The molecule has 2 rings (SSSR count). The van der Waals surface area contributed by atoms with Crippen LogP contribution in [0.3, 0.4) is 0 Å². The Morgan fingerprint density at radius 3 is 2.06 bits per heavy atom. The molecule has 2 heteroatoms.